The van der Waals surface area contributed by atoms with Crippen LogP contribution >= 0.6 is 0 Å². The molecule has 2 aromatic rings. The molecule has 2 aromatic carbocycles. The van der Waals surface area contributed by atoms with Crippen LogP contribution in [0.25, 0.3) is 11.1 Å². The van der Waals surface area contributed by atoms with Crippen molar-refractivity contribution in [2.75, 3.05) is 12.8 Å². The summed E-state index contributed by atoms with van der Waals surface area (Å²) in [6.07, 6.45) is 0. The van der Waals surface area contributed by atoms with Gasteiger partial charge in [0.1, 0.15) is 11.6 Å². The first kappa shape index (κ1) is 10.5. The Hall–Kier alpha value is -2.03. The zero-order valence-corrected chi connectivity index (χ0v) is 8.91. The van der Waals surface area contributed by atoms with E-state index in [9.17, 15) is 4.39 Å². The number of ether oxygens (including phenoxy) is 1. The van der Waals surface area contributed by atoms with Crippen molar-refractivity contribution in [2.24, 2.45) is 0 Å². The molecular formula is C13H12FNO. The van der Waals surface area contributed by atoms with Crippen molar-refractivity contribution in [3.05, 3.63) is 48.3 Å². The van der Waals surface area contributed by atoms with Crippen LogP contribution in [0.1, 0.15) is 0 Å². The van der Waals surface area contributed by atoms with Gasteiger partial charge in [-0.05, 0) is 12.1 Å². The fourth-order valence-electron chi connectivity index (χ4n) is 1.64. The Morgan fingerprint density at radius 1 is 1.00 bits per heavy atom. The van der Waals surface area contributed by atoms with E-state index < -0.39 is 0 Å². The van der Waals surface area contributed by atoms with Gasteiger partial charge in [0.2, 0.25) is 0 Å². The molecule has 2 nitrogen and oxygen atoms in total. The SMILES string of the molecule is COc1cccc(-c2ccccc2F)c1N. The Labute approximate surface area is 93.5 Å². The van der Waals surface area contributed by atoms with E-state index in [4.69, 9.17) is 10.5 Å². The number of hydrogen-bond donors (Lipinski definition) is 1. The molecule has 0 unspecified atom stereocenters. The lowest BCUT2D eigenvalue weighted by atomic mass is 10.0. The highest BCUT2D eigenvalue weighted by atomic mass is 19.1. The molecule has 16 heavy (non-hydrogen) atoms. The van der Waals surface area contributed by atoms with Crippen LogP contribution in [-0.4, -0.2) is 7.11 Å². The molecule has 0 atom stereocenters. The summed E-state index contributed by atoms with van der Waals surface area (Å²) < 4.78 is 18.7. The van der Waals surface area contributed by atoms with Gasteiger partial charge in [0.25, 0.3) is 0 Å². The first-order valence-corrected chi connectivity index (χ1v) is 4.91. The molecule has 2 N–H and O–H groups in total. The lowest BCUT2D eigenvalue weighted by molar-refractivity contribution is 0.417. The molecule has 0 spiro atoms. The molecule has 0 aliphatic carbocycles. The number of hydrogen-bond acceptors (Lipinski definition) is 2. The quantitative estimate of drug-likeness (QED) is 0.784. The van der Waals surface area contributed by atoms with E-state index in [0.29, 0.717) is 22.6 Å². The second-order valence-electron chi connectivity index (χ2n) is 3.40. The molecule has 0 heterocycles. The Bertz CT molecular complexity index is 511. The van der Waals surface area contributed by atoms with Gasteiger partial charge in [-0.2, -0.15) is 0 Å². The number of nitrogen functional groups attached to an aromatic ring is 1. The molecule has 0 aliphatic rings. The minimum atomic E-state index is -0.289. The third kappa shape index (κ3) is 1.72. The predicted octanol–water partition coefficient (Wildman–Crippen LogP) is 3.08. The van der Waals surface area contributed by atoms with Crippen LogP contribution in [0.2, 0.25) is 0 Å². The maximum Gasteiger partial charge on any atom is 0.142 e. The summed E-state index contributed by atoms with van der Waals surface area (Å²) in [6.45, 7) is 0. The molecule has 3 heteroatoms. The maximum absolute atomic E-state index is 13.6. The maximum atomic E-state index is 13.6. The number of anilines is 1. The molecule has 0 aliphatic heterocycles. The van der Waals surface area contributed by atoms with Crippen molar-refractivity contribution in [3.8, 4) is 16.9 Å². The van der Waals surface area contributed by atoms with Crippen molar-refractivity contribution < 1.29 is 9.13 Å². The smallest absolute Gasteiger partial charge is 0.142 e. The monoisotopic (exact) mass is 217 g/mol. The molecule has 0 aromatic heterocycles. The van der Waals surface area contributed by atoms with E-state index in [0.717, 1.165) is 0 Å². The van der Waals surface area contributed by atoms with Crippen LogP contribution in [0.15, 0.2) is 42.5 Å². The van der Waals surface area contributed by atoms with Crippen molar-refractivity contribution in [1.82, 2.24) is 0 Å². The highest BCUT2D eigenvalue weighted by molar-refractivity contribution is 5.80. The van der Waals surface area contributed by atoms with E-state index in [1.165, 1.54) is 13.2 Å². The summed E-state index contributed by atoms with van der Waals surface area (Å²) in [4.78, 5) is 0. The largest absolute Gasteiger partial charge is 0.495 e. The van der Waals surface area contributed by atoms with Crippen LogP contribution in [0, 0.1) is 5.82 Å². The van der Waals surface area contributed by atoms with Crippen LogP contribution in [0.5, 0.6) is 5.75 Å². The Balaban J connectivity index is 2.61. The molecule has 2 rings (SSSR count). The fraction of sp³-hybridized carbons (Fsp3) is 0.0769. The number of methoxy groups -OCH3 is 1. The minimum Gasteiger partial charge on any atom is -0.495 e. The van der Waals surface area contributed by atoms with Gasteiger partial charge in [0.05, 0.1) is 12.8 Å². The van der Waals surface area contributed by atoms with E-state index in [1.54, 1.807) is 36.4 Å². The summed E-state index contributed by atoms with van der Waals surface area (Å²) >= 11 is 0. The normalized spacial score (nSPS) is 10.1. The molecule has 0 bridgehead atoms. The van der Waals surface area contributed by atoms with Gasteiger partial charge in [0.15, 0.2) is 0 Å². The lowest BCUT2D eigenvalue weighted by Crippen LogP contribution is -1.96. The second kappa shape index (κ2) is 4.23. The van der Waals surface area contributed by atoms with Gasteiger partial charge >= 0.3 is 0 Å². The summed E-state index contributed by atoms with van der Waals surface area (Å²) in [6, 6.07) is 11.8. The molecule has 0 amide bonds. The van der Waals surface area contributed by atoms with E-state index >= 15 is 0 Å². The molecular weight excluding hydrogens is 205 g/mol. The van der Waals surface area contributed by atoms with Gasteiger partial charge in [-0.1, -0.05) is 30.3 Å². The molecule has 0 fully saturated rings. The average Bonchev–Trinajstić information content (AvgIpc) is 2.31. The van der Waals surface area contributed by atoms with Crippen LogP contribution in [0.3, 0.4) is 0 Å². The number of nitrogens with two attached hydrogens (primary N) is 1. The highest BCUT2D eigenvalue weighted by Crippen LogP contribution is 2.34. The first-order chi connectivity index (χ1) is 7.74. The Kier molecular flexibility index (Phi) is 2.77. The fourth-order valence-corrected chi connectivity index (χ4v) is 1.64. The lowest BCUT2D eigenvalue weighted by Gasteiger charge is -2.10. The van der Waals surface area contributed by atoms with Crippen molar-refractivity contribution in [3.63, 3.8) is 0 Å². The van der Waals surface area contributed by atoms with Gasteiger partial charge in [-0.25, -0.2) is 4.39 Å². The summed E-state index contributed by atoms with van der Waals surface area (Å²) in [5.41, 5.74) is 7.49. The van der Waals surface area contributed by atoms with E-state index in [-0.39, 0.29) is 5.82 Å². The minimum absolute atomic E-state index is 0.289. The first-order valence-electron chi connectivity index (χ1n) is 4.91. The summed E-state index contributed by atoms with van der Waals surface area (Å²) in [5.74, 6) is 0.267. The number of rotatable bonds is 2. The van der Waals surface area contributed by atoms with Crippen molar-refractivity contribution in [1.29, 1.82) is 0 Å². The molecule has 82 valence electrons. The zero-order chi connectivity index (χ0) is 11.5. The summed E-state index contributed by atoms with van der Waals surface area (Å²) in [5, 5.41) is 0. The van der Waals surface area contributed by atoms with Crippen molar-refractivity contribution >= 4 is 5.69 Å². The Morgan fingerprint density at radius 2 is 1.69 bits per heavy atom. The third-order valence-electron chi connectivity index (χ3n) is 2.45. The van der Waals surface area contributed by atoms with E-state index in [2.05, 4.69) is 0 Å². The van der Waals surface area contributed by atoms with Gasteiger partial charge in [-0.15, -0.1) is 0 Å². The van der Waals surface area contributed by atoms with Gasteiger partial charge in [0, 0.05) is 11.1 Å². The van der Waals surface area contributed by atoms with Gasteiger partial charge < -0.3 is 10.5 Å². The van der Waals surface area contributed by atoms with E-state index in [1.807, 2.05) is 0 Å². The van der Waals surface area contributed by atoms with Crippen molar-refractivity contribution in [2.45, 2.75) is 0 Å². The van der Waals surface area contributed by atoms with Crippen LogP contribution in [-0.2, 0) is 0 Å². The molecule has 0 radical (unpaired) electrons. The number of benzene rings is 2. The topological polar surface area (TPSA) is 35.2 Å². The second-order valence-corrected chi connectivity index (χ2v) is 3.40. The highest BCUT2D eigenvalue weighted by Gasteiger charge is 2.10. The predicted molar refractivity (Wildman–Crippen MR) is 62.8 cm³/mol. The summed E-state index contributed by atoms with van der Waals surface area (Å²) in [7, 11) is 1.54. The average molecular weight is 217 g/mol. The van der Waals surface area contributed by atoms with Gasteiger partial charge in [-0.3, -0.25) is 0 Å². The number of halogens is 1. The number of para-hydroxylation sites is 1. The van der Waals surface area contributed by atoms with Crippen LogP contribution < -0.4 is 10.5 Å². The Morgan fingerprint density at radius 3 is 2.38 bits per heavy atom. The molecule has 0 saturated heterocycles. The molecule has 0 saturated carbocycles. The third-order valence-corrected chi connectivity index (χ3v) is 2.45. The van der Waals surface area contributed by atoms with Crippen LogP contribution in [0.4, 0.5) is 10.1 Å². The zero-order valence-electron chi connectivity index (χ0n) is 8.91. The standard InChI is InChI=1S/C13H12FNO/c1-16-12-8-4-6-10(13(12)15)9-5-2-3-7-11(9)14/h2-8H,15H2,1H3.